The highest BCUT2D eigenvalue weighted by Crippen LogP contribution is 2.16. The van der Waals surface area contributed by atoms with Gasteiger partial charge in [0, 0.05) is 5.69 Å². The molecule has 0 aliphatic rings. The van der Waals surface area contributed by atoms with Gasteiger partial charge in [0.1, 0.15) is 12.9 Å². The lowest BCUT2D eigenvalue weighted by Gasteiger charge is -2.07. The second-order valence-electron chi connectivity index (χ2n) is 3.99. The number of carbonyl (C=O) groups excluding carboxylic acids is 1. The summed E-state index contributed by atoms with van der Waals surface area (Å²) in [6.45, 7) is 2.91. The second-order valence-corrected chi connectivity index (χ2v) is 3.99. The third-order valence-electron chi connectivity index (χ3n) is 2.50. The predicted octanol–water partition coefficient (Wildman–Crippen LogP) is 3.99. The zero-order valence-electron chi connectivity index (χ0n) is 10.8. The standard InChI is InChI=1S/C14H20NO3/c1-3-4-5-6-11-18-13-9-7-12(8-10-13)15-14(16)17-2/h7-10H,2-6,11H2,1H3,(H,15,16). The SMILES string of the molecule is [CH2]OC(=O)Nc1ccc(OCCCCCC)cc1. The summed E-state index contributed by atoms with van der Waals surface area (Å²) in [5.41, 5.74) is 0.655. The van der Waals surface area contributed by atoms with E-state index < -0.39 is 6.09 Å². The molecule has 0 fully saturated rings. The Morgan fingerprint density at radius 2 is 1.94 bits per heavy atom. The number of benzene rings is 1. The maximum absolute atomic E-state index is 10.9. The summed E-state index contributed by atoms with van der Waals surface area (Å²) in [6.07, 6.45) is 4.16. The Kier molecular flexibility index (Phi) is 6.69. The fourth-order valence-corrected chi connectivity index (χ4v) is 1.51. The Morgan fingerprint density at radius 1 is 1.22 bits per heavy atom. The first-order valence-corrected chi connectivity index (χ1v) is 6.22. The van der Waals surface area contributed by atoms with E-state index in [4.69, 9.17) is 4.74 Å². The molecular formula is C14H20NO3. The van der Waals surface area contributed by atoms with Gasteiger partial charge in [0.05, 0.1) is 6.61 Å². The number of carbonyl (C=O) groups is 1. The van der Waals surface area contributed by atoms with Crippen LogP contribution in [0.1, 0.15) is 32.6 Å². The average Bonchev–Trinajstić information content (AvgIpc) is 2.40. The first-order valence-electron chi connectivity index (χ1n) is 6.22. The van der Waals surface area contributed by atoms with Gasteiger partial charge >= 0.3 is 6.09 Å². The van der Waals surface area contributed by atoms with E-state index in [9.17, 15) is 4.79 Å². The molecule has 0 bridgehead atoms. The van der Waals surface area contributed by atoms with Crippen LogP contribution in [-0.2, 0) is 4.74 Å². The quantitative estimate of drug-likeness (QED) is 0.744. The first kappa shape index (κ1) is 14.4. The van der Waals surface area contributed by atoms with Gasteiger partial charge in [0.25, 0.3) is 0 Å². The van der Waals surface area contributed by atoms with Crippen molar-refractivity contribution in [3.8, 4) is 5.75 Å². The largest absolute Gasteiger partial charge is 0.494 e. The molecule has 1 aromatic carbocycles. The summed E-state index contributed by atoms with van der Waals surface area (Å²) in [4.78, 5) is 10.9. The molecular weight excluding hydrogens is 230 g/mol. The number of hydrogen-bond donors (Lipinski definition) is 1. The van der Waals surface area contributed by atoms with Crippen LogP contribution in [0.2, 0.25) is 0 Å². The fraction of sp³-hybridized carbons (Fsp3) is 0.429. The number of anilines is 1. The van der Waals surface area contributed by atoms with Gasteiger partial charge in [-0.05, 0) is 30.7 Å². The smallest absolute Gasteiger partial charge is 0.411 e. The van der Waals surface area contributed by atoms with Gasteiger partial charge in [0.15, 0.2) is 0 Å². The minimum absolute atomic E-state index is 0.580. The average molecular weight is 250 g/mol. The maximum atomic E-state index is 10.9. The van der Waals surface area contributed by atoms with E-state index in [2.05, 4.69) is 24.1 Å². The van der Waals surface area contributed by atoms with Gasteiger partial charge in [-0.15, -0.1) is 0 Å². The molecule has 0 unspecified atom stereocenters. The number of hydrogen-bond acceptors (Lipinski definition) is 3. The molecule has 0 spiro atoms. The summed E-state index contributed by atoms with van der Waals surface area (Å²) < 4.78 is 9.84. The van der Waals surface area contributed by atoms with E-state index in [0.29, 0.717) is 5.69 Å². The van der Waals surface area contributed by atoms with Crippen LogP contribution < -0.4 is 10.1 Å². The molecule has 0 saturated carbocycles. The molecule has 1 radical (unpaired) electrons. The van der Waals surface area contributed by atoms with Crippen LogP contribution in [0.4, 0.5) is 10.5 Å². The summed E-state index contributed by atoms with van der Waals surface area (Å²) in [5, 5.41) is 2.52. The normalized spacial score (nSPS) is 9.89. The number of nitrogens with one attached hydrogen (secondary N) is 1. The molecule has 1 aromatic rings. The van der Waals surface area contributed by atoms with Crippen molar-refractivity contribution in [1.82, 2.24) is 0 Å². The van der Waals surface area contributed by atoms with Gasteiger partial charge < -0.3 is 9.47 Å². The Labute approximate surface area is 108 Å². The molecule has 0 atom stereocenters. The highest BCUT2D eigenvalue weighted by Gasteiger charge is 2.00. The predicted molar refractivity (Wildman–Crippen MR) is 71.5 cm³/mol. The van der Waals surface area contributed by atoms with Crippen molar-refractivity contribution < 1.29 is 14.3 Å². The van der Waals surface area contributed by atoms with Crippen molar-refractivity contribution in [3.63, 3.8) is 0 Å². The van der Waals surface area contributed by atoms with Gasteiger partial charge in [-0.25, -0.2) is 4.79 Å². The molecule has 0 aliphatic carbocycles. The van der Waals surface area contributed by atoms with Crippen molar-refractivity contribution >= 4 is 11.8 Å². The molecule has 1 amide bonds. The minimum Gasteiger partial charge on any atom is -0.494 e. The third-order valence-corrected chi connectivity index (χ3v) is 2.50. The van der Waals surface area contributed by atoms with Crippen LogP contribution >= 0.6 is 0 Å². The Hall–Kier alpha value is -1.71. The summed E-state index contributed by atoms with van der Waals surface area (Å²) in [6, 6.07) is 7.16. The van der Waals surface area contributed by atoms with Crippen LogP contribution in [0.25, 0.3) is 0 Å². The summed E-state index contributed by atoms with van der Waals surface area (Å²) in [7, 11) is 3.03. The van der Waals surface area contributed by atoms with Gasteiger partial charge in [0.2, 0.25) is 0 Å². The lowest BCUT2D eigenvalue weighted by molar-refractivity contribution is 0.199. The number of amides is 1. The molecule has 0 saturated heterocycles. The minimum atomic E-state index is -0.580. The number of rotatable bonds is 7. The van der Waals surface area contributed by atoms with E-state index in [1.165, 1.54) is 19.3 Å². The van der Waals surface area contributed by atoms with Crippen LogP contribution in [0, 0.1) is 7.11 Å². The Bertz CT molecular complexity index is 349. The van der Waals surface area contributed by atoms with Crippen molar-refractivity contribution in [2.45, 2.75) is 32.6 Å². The first-order chi connectivity index (χ1) is 8.76. The summed E-state index contributed by atoms with van der Waals surface area (Å²) in [5.74, 6) is 0.806. The van der Waals surface area contributed by atoms with E-state index >= 15 is 0 Å². The highest BCUT2D eigenvalue weighted by molar-refractivity contribution is 5.84. The van der Waals surface area contributed by atoms with Crippen molar-refractivity contribution in [3.05, 3.63) is 31.4 Å². The zero-order valence-corrected chi connectivity index (χ0v) is 10.8. The van der Waals surface area contributed by atoms with Crippen LogP contribution in [0.5, 0.6) is 5.75 Å². The molecule has 99 valence electrons. The van der Waals surface area contributed by atoms with E-state index in [-0.39, 0.29) is 0 Å². The third kappa shape index (κ3) is 5.57. The molecule has 0 heterocycles. The molecule has 4 heteroatoms. The van der Waals surface area contributed by atoms with E-state index in [1.54, 1.807) is 12.1 Å². The van der Waals surface area contributed by atoms with Gasteiger partial charge in [-0.1, -0.05) is 26.2 Å². The van der Waals surface area contributed by atoms with Crippen LogP contribution in [0.3, 0.4) is 0 Å². The van der Waals surface area contributed by atoms with Crippen LogP contribution in [-0.4, -0.2) is 12.7 Å². The van der Waals surface area contributed by atoms with E-state index in [0.717, 1.165) is 18.8 Å². The lowest BCUT2D eigenvalue weighted by Crippen LogP contribution is -2.09. The topological polar surface area (TPSA) is 47.6 Å². The molecule has 1 rings (SSSR count). The van der Waals surface area contributed by atoms with Gasteiger partial charge in [-0.2, -0.15) is 0 Å². The Balaban J connectivity index is 2.29. The molecule has 1 N–H and O–H groups in total. The molecule has 0 aromatic heterocycles. The zero-order chi connectivity index (χ0) is 13.2. The molecule has 18 heavy (non-hydrogen) atoms. The fourth-order valence-electron chi connectivity index (χ4n) is 1.51. The number of unbranched alkanes of at least 4 members (excludes halogenated alkanes) is 3. The van der Waals surface area contributed by atoms with Crippen molar-refractivity contribution in [2.24, 2.45) is 0 Å². The molecule has 0 aliphatic heterocycles. The lowest BCUT2D eigenvalue weighted by atomic mass is 10.2. The highest BCUT2D eigenvalue weighted by atomic mass is 16.5. The summed E-state index contributed by atoms with van der Waals surface area (Å²) >= 11 is 0. The number of ether oxygens (including phenoxy) is 2. The van der Waals surface area contributed by atoms with Gasteiger partial charge in [-0.3, -0.25) is 5.32 Å². The second kappa shape index (κ2) is 8.39. The van der Waals surface area contributed by atoms with E-state index in [1.807, 2.05) is 12.1 Å². The monoisotopic (exact) mass is 250 g/mol. The van der Waals surface area contributed by atoms with Crippen LogP contribution in [0.15, 0.2) is 24.3 Å². The Morgan fingerprint density at radius 3 is 2.56 bits per heavy atom. The maximum Gasteiger partial charge on any atom is 0.411 e. The van der Waals surface area contributed by atoms with Crippen molar-refractivity contribution in [1.29, 1.82) is 0 Å². The molecule has 4 nitrogen and oxygen atoms in total. The van der Waals surface area contributed by atoms with Crippen molar-refractivity contribution in [2.75, 3.05) is 11.9 Å².